The van der Waals surface area contributed by atoms with Gasteiger partial charge in [-0.2, -0.15) is 0 Å². The molecule has 0 rings (SSSR count). The smallest absolute Gasteiger partial charge is 0.249 e. The largest absolute Gasteiger partial charge is 0.394 e. The van der Waals surface area contributed by atoms with Gasteiger partial charge >= 0.3 is 0 Å². The summed E-state index contributed by atoms with van der Waals surface area (Å²) in [4.78, 5) is 12.3. The van der Waals surface area contributed by atoms with Crippen molar-refractivity contribution in [1.29, 1.82) is 0 Å². The van der Waals surface area contributed by atoms with Crippen LogP contribution in [0, 0.1) is 0 Å². The second kappa shape index (κ2) is 33.7. The molecule has 3 atom stereocenters. The Bertz CT molecular complexity index is 635. The zero-order valence-corrected chi connectivity index (χ0v) is 28.6. The van der Waals surface area contributed by atoms with E-state index in [9.17, 15) is 20.1 Å². The molecule has 0 radical (unpaired) electrons. The predicted octanol–water partition coefficient (Wildman–Crippen LogP) is 9.87. The van der Waals surface area contributed by atoms with Crippen molar-refractivity contribution in [1.82, 2.24) is 5.32 Å². The second-order valence-corrected chi connectivity index (χ2v) is 12.8. The quantitative estimate of drug-likeness (QED) is 0.0441. The van der Waals surface area contributed by atoms with Crippen molar-refractivity contribution >= 4 is 5.91 Å². The third-order valence-corrected chi connectivity index (χ3v) is 8.54. The van der Waals surface area contributed by atoms with Gasteiger partial charge in [-0.15, -0.1) is 0 Å². The predicted molar refractivity (Wildman–Crippen MR) is 185 cm³/mol. The summed E-state index contributed by atoms with van der Waals surface area (Å²) in [6.45, 7) is 4.12. The Hall–Kier alpha value is -1.17. The first-order chi connectivity index (χ1) is 21.1. The molecule has 0 aliphatic heterocycles. The van der Waals surface area contributed by atoms with Crippen LogP contribution in [0.5, 0.6) is 0 Å². The lowest BCUT2D eigenvalue weighted by Crippen LogP contribution is -2.48. The molecule has 5 heteroatoms. The summed E-state index contributed by atoms with van der Waals surface area (Å²) in [7, 11) is 0. The van der Waals surface area contributed by atoms with E-state index >= 15 is 0 Å². The molecule has 0 aromatic rings. The average Bonchev–Trinajstić information content (AvgIpc) is 3.01. The van der Waals surface area contributed by atoms with Crippen LogP contribution in [0.4, 0.5) is 0 Å². The maximum Gasteiger partial charge on any atom is 0.249 e. The number of aliphatic hydroxyl groups excluding tert-OH is 3. The summed E-state index contributed by atoms with van der Waals surface area (Å²) >= 11 is 0. The zero-order chi connectivity index (χ0) is 31.6. The Kier molecular flexibility index (Phi) is 32.8. The van der Waals surface area contributed by atoms with Crippen LogP contribution in [0.15, 0.2) is 24.3 Å². The van der Waals surface area contributed by atoms with Gasteiger partial charge in [-0.1, -0.05) is 173 Å². The molecule has 0 fully saturated rings. The summed E-state index contributed by atoms with van der Waals surface area (Å²) in [5, 5.41) is 32.9. The number of rotatable bonds is 33. The van der Waals surface area contributed by atoms with Crippen molar-refractivity contribution < 1.29 is 20.1 Å². The normalized spacial score (nSPS) is 14.1. The summed E-state index contributed by atoms with van der Waals surface area (Å²) < 4.78 is 0. The number of allylic oxidation sites excluding steroid dienone is 3. The average molecular weight is 608 g/mol. The Morgan fingerprint density at radius 3 is 1.42 bits per heavy atom. The molecule has 0 aromatic carbocycles. The number of unbranched alkanes of at least 4 members (excludes halogenated alkanes) is 23. The van der Waals surface area contributed by atoms with Gasteiger partial charge in [0, 0.05) is 0 Å². The minimum atomic E-state index is -1.10. The highest BCUT2D eigenvalue weighted by atomic mass is 16.3. The van der Waals surface area contributed by atoms with E-state index in [1.165, 1.54) is 116 Å². The Balaban J connectivity index is 3.71. The number of carbonyl (C=O) groups is 1. The van der Waals surface area contributed by atoms with E-state index in [1.54, 1.807) is 6.08 Å². The van der Waals surface area contributed by atoms with Crippen molar-refractivity contribution in [2.24, 2.45) is 0 Å². The first-order valence-corrected chi connectivity index (χ1v) is 18.7. The minimum absolute atomic E-state index is 0.366. The van der Waals surface area contributed by atoms with Crippen LogP contribution in [0.1, 0.15) is 187 Å². The zero-order valence-electron chi connectivity index (χ0n) is 28.6. The molecule has 0 aliphatic carbocycles. The van der Waals surface area contributed by atoms with E-state index in [0.717, 1.165) is 51.4 Å². The molecule has 1 amide bonds. The maximum absolute atomic E-state index is 12.3. The van der Waals surface area contributed by atoms with Gasteiger partial charge in [0.2, 0.25) is 5.91 Å². The fourth-order valence-corrected chi connectivity index (χ4v) is 5.52. The molecular formula is C38H73NO4. The molecule has 254 valence electrons. The molecule has 0 saturated heterocycles. The van der Waals surface area contributed by atoms with E-state index in [-0.39, 0.29) is 6.61 Å². The molecule has 4 N–H and O–H groups in total. The number of hydrogen-bond acceptors (Lipinski definition) is 4. The lowest BCUT2D eigenvalue weighted by atomic mass is 10.0. The number of amides is 1. The van der Waals surface area contributed by atoms with Crippen molar-refractivity contribution in [3.8, 4) is 0 Å². The molecule has 3 unspecified atom stereocenters. The third kappa shape index (κ3) is 29.3. The van der Waals surface area contributed by atoms with Gasteiger partial charge in [0.1, 0.15) is 6.10 Å². The Morgan fingerprint density at radius 1 is 0.558 bits per heavy atom. The van der Waals surface area contributed by atoms with E-state index < -0.39 is 24.2 Å². The number of aliphatic hydroxyl groups is 3. The molecule has 0 saturated carbocycles. The molecule has 0 aromatic heterocycles. The number of carbonyl (C=O) groups excluding carboxylic acids is 1. The third-order valence-electron chi connectivity index (χ3n) is 8.54. The summed E-state index contributed by atoms with van der Waals surface area (Å²) in [5.74, 6) is -0.515. The Morgan fingerprint density at radius 2 is 0.953 bits per heavy atom. The highest BCUT2D eigenvalue weighted by Gasteiger charge is 2.22. The highest BCUT2D eigenvalue weighted by Crippen LogP contribution is 2.15. The van der Waals surface area contributed by atoms with Crippen molar-refractivity contribution in [3.63, 3.8) is 0 Å². The fraction of sp³-hybridized carbons (Fsp3) is 0.868. The van der Waals surface area contributed by atoms with Gasteiger partial charge in [-0.05, 0) is 38.5 Å². The van der Waals surface area contributed by atoms with Gasteiger partial charge in [-0.3, -0.25) is 4.79 Å². The number of hydrogen-bond donors (Lipinski definition) is 4. The molecule has 0 aliphatic rings. The highest BCUT2D eigenvalue weighted by molar-refractivity contribution is 5.80. The van der Waals surface area contributed by atoms with Gasteiger partial charge in [0.25, 0.3) is 0 Å². The second-order valence-electron chi connectivity index (χ2n) is 12.8. The topological polar surface area (TPSA) is 89.8 Å². The van der Waals surface area contributed by atoms with Gasteiger partial charge < -0.3 is 20.6 Å². The first-order valence-electron chi connectivity index (χ1n) is 18.7. The van der Waals surface area contributed by atoms with E-state index in [4.69, 9.17) is 0 Å². The lowest BCUT2D eigenvalue weighted by Gasteiger charge is -2.21. The van der Waals surface area contributed by atoms with Gasteiger partial charge in [-0.25, -0.2) is 0 Å². The van der Waals surface area contributed by atoms with Crippen molar-refractivity contribution in [2.75, 3.05) is 6.61 Å². The van der Waals surface area contributed by atoms with E-state index in [1.807, 2.05) is 6.08 Å². The summed E-state index contributed by atoms with van der Waals surface area (Å²) in [5.41, 5.74) is 0. The molecule has 0 spiro atoms. The van der Waals surface area contributed by atoms with Crippen LogP contribution >= 0.6 is 0 Å². The van der Waals surface area contributed by atoms with Crippen LogP contribution in [0.2, 0.25) is 0 Å². The van der Waals surface area contributed by atoms with Crippen LogP contribution < -0.4 is 5.32 Å². The van der Waals surface area contributed by atoms with E-state index in [2.05, 4.69) is 31.3 Å². The minimum Gasteiger partial charge on any atom is -0.394 e. The lowest BCUT2D eigenvalue weighted by molar-refractivity contribution is -0.131. The van der Waals surface area contributed by atoms with Crippen molar-refractivity contribution in [2.45, 2.75) is 205 Å². The van der Waals surface area contributed by atoms with Gasteiger partial charge in [0.05, 0.1) is 18.8 Å². The van der Waals surface area contributed by atoms with Crippen LogP contribution in [-0.2, 0) is 4.79 Å². The summed E-state index contributed by atoms with van der Waals surface area (Å²) in [6, 6.07) is -0.798. The molecular weight excluding hydrogens is 534 g/mol. The van der Waals surface area contributed by atoms with Crippen LogP contribution in [-0.4, -0.2) is 46.1 Å². The van der Waals surface area contributed by atoms with Crippen molar-refractivity contribution in [3.05, 3.63) is 24.3 Å². The Labute approximate surface area is 267 Å². The molecule has 0 heterocycles. The standard InChI is InChI=1S/C38H73NO4/c1-3-5-7-9-11-13-15-16-17-18-19-20-21-22-23-25-26-28-30-32-36(41)35(34-40)39-38(43)37(42)33-31-29-27-24-14-12-10-8-6-4-2/h10,12,30,32,35-37,40-42H,3-9,11,13-29,31,33-34H2,1-2H3,(H,39,43)/b12-10-,32-30+. The van der Waals surface area contributed by atoms with Gasteiger partial charge in [0.15, 0.2) is 0 Å². The monoisotopic (exact) mass is 608 g/mol. The fourth-order valence-electron chi connectivity index (χ4n) is 5.52. The maximum atomic E-state index is 12.3. The van der Waals surface area contributed by atoms with Crippen LogP contribution in [0.3, 0.4) is 0 Å². The first kappa shape index (κ1) is 41.8. The SMILES string of the molecule is CCCC/C=C\CCCCCCC(O)C(=O)NC(CO)C(O)/C=C/CCCCCCCCCCCCCCCCCCC. The molecule has 5 nitrogen and oxygen atoms in total. The van der Waals surface area contributed by atoms with Crippen LogP contribution in [0.25, 0.3) is 0 Å². The molecule has 43 heavy (non-hydrogen) atoms. The number of nitrogens with one attached hydrogen (secondary N) is 1. The van der Waals surface area contributed by atoms with E-state index in [0.29, 0.717) is 6.42 Å². The molecule has 0 bridgehead atoms. The summed E-state index contributed by atoms with van der Waals surface area (Å²) in [6.07, 6.45) is 39.1.